The van der Waals surface area contributed by atoms with Gasteiger partial charge in [-0.3, -0.25) is 4.79 Å². The molecule has 2 aromatic rings. The van der Waals surface area contributed by atoms with Crippen molar-refractivity contribution in [3.05, 3.63) is 24.2 Å². The molecular formula is C16H19N5O4. The Balaban J connectivity index is 1.44. The Kier molecular flexibility index (Phi) is 4.12. The van der Waals surface area contributed by atoms with Crippen LogP contribution in [0.2, 0.25) is 0 Å². The molecule has 1 fully saturated rings. The lowest BCUT2D eigenvalue weighted by atomic mass is 10.3. The SMILES string of the molecule is COc1nccnc1O[C@@H]1CCN(C(=O)c2cnn3c2OCCC3)C1. The second kappa shape index (κ2) is 6.58. The molecule has 4 rings (SSSR count). The summed E-state index contributed by atoms with van der Waals surface area (Å²) < 4.78 is 18.4. The first-order chi connectivity index (χ1) is 12.3. The monoisotopic (exact) mass is 345 g/mol. The van der Waals surface area contributed by atoms with Gasteiger partial charge in [0.05, 0.1) is 26.5 Å². The highest BCUT2D eigenvalue weighted by Crippen LogP contribution is 2.27. The van der Waals surface area contributed by atoms with Gasteiger partial charge >= 0.3 is 0 Å². The van der Waals surface area contributed by atoms with Crippen LogP contribution in [0, 0.1) is 0 Å². The van der Waals surface area contributed by atoms with Crippen molar-refractivity contribution in [2.45, 2.75) is 25.5 Å². The maximum Gasteiger partial charge on any atom is 0.278 e. The molecule has 25 heavy (non-hydrogen) atoms. The van der Waals surface area contributed by atoms with E-state index in [-0.39, 0.29) is 12.0 Å². The van der Waals surface area contributed by atoms with E-state index in [4.69, 9.17) is 14.2 Å². The van der Waals surface area contributed by atoms with Crippen molar-refractivity contribution >= 4 is 5.91 Å². The number of methoxy groups -OCH3 is 1. The molecule has 1 amide bonds. The summed E-state index contributed by atoms with van der Waals surface area (Å²) in [6.45, 7) is 2.48. The van der Waals surface area contributed by atoms with Gasteiger partial charge in [-0.05, 0) is 0 Å². The average Bonchev–Trinajstić information content (AvgIpc) is 3.28. The molecule has 0 radical (unpaired) electrons. The number of aromatic nitrogens is 4. The van der Waals surface area contributed by atoms with Gasteiger partial charge in [-0.1, -0.05) is 0 Å². The first-order valence-electron chi connectivity index (χ1n) is 8.26. The van der Waals surface area contributed by atoms with Gasteiger partial charge in [-0.25, -0.2) is 14.6 Å². The fourth-order valence-electron chi connectivity index (χ4n) is 3.09. The zero-order valence-corrected chi connectivity index (χ0v) is 13.9. The van der Waals surface area contributed by atoms with Gasteiger partial charge in [0.15, 0.2) is 0 Å². The predicted octanol–water partition coefficient (Wildman–Crippen LogP) is 0.758. The Morgan fingerprint density at radius 2 is 2.12 bits per heavy atom. The molecule has 2 aliphatic rings. The van der Waals surface area contributed by atoms with Gasteiger partial charge in [-0.15, -0.1) is 0 Å². The zero-order valence-electron chi connectivity index (χ0n) is 13.9. The predicted molar refractivity (Wildman–Crippen MR) is 85.9 cm³/mol. The fourth-order valence-corrected chi connectivity index (χ4v) is 3.09. The van der Waals surface area contributed by atoms with Crippen LogP contribution < -0.4 is 14.2 Å². The van der Waals surface area contributed by atoms with Crippen LogP contribution in [0.25, 0.3) is 0 Å². The third-order valence-electron chi connectivity index (χ3n) is 4.31. The van der Waals surface area contributed by atoms with E-state index in [0.717, 1.165) is 19.4 Å². The van der Waals surface area contributed by atoms with E-state index in [9.17, 15) is 4.79 Å². The number of hydrogen-bond donors (Lipinski definition) is 0. The number of ether oxygens (including phenoxy) is 3. The molecule has 0 saturated carbocycles. The third-order valence-corrected chi connectivity index (χ3v) is 4.31. The fraction of sp³-hybridized carbons (Fsp3) is 0.500. The Labute approximate surface area is 144 Å². The van der Waals surface area contributed by atoms with E-state index in [1.807, 2.05) is 0 Å². The van der Waals surface area contributed by atoms with Gasteiger partial charge < -0.3 is 19.1 Å². The van der Waals surface area contributed by atoms with E-state index in [1.54, 1.807) is 28.2 Å². The molecular weight excluding hydrogens is 326 g/mol. The summed E-state index contributed by atoms with van der Waals surface area (Å²) >= 11 is 0. The second-order valence-corrected chi connectivity index (χ2v) is 5.94. The van der Waals surface area contributed by atoms with E-state index < -0.39 is 0 Å². The largest absolute Gasteiger partial charge is 0.477 e. The summed E-state index contributed by atoms with van der Waals surface area (Å²) in [4.78, 5) is 22.7. The molecule has 2 aromatic heterocycles. The first kappa shape index (κ1) is 15.7. The number of hydrogen-bond acceptors (Lipinski definition) is 7. The number of aryl methyl sites for hydroxylation is 1. The standard InChI is InChI=1S/C16H19N5O4/c1-23-13-14(18-5-4-17-13)25-11-3-7-20(10-11)15(22)12-9-19-21-6-2-8-24-16(12)21/h4-5,9,11H,2-3,6-8,10H2,1H3/t11-/m1/s1. The van der Waals surface area contributed by atoms with Crippen LogP contribution >= 0.6 is 0 Å². The minimum absolute atomic E-state index is 0.0830. The van der Waals surface area contributed by atoms with Crippen LogP contribution in [0.1, 0.15) is 23.2 Å². The van der Waals surface area contributed by atoms with Crippen molar-refractivity contribution in [2.75, 3.05) is 26.8 Å². The molecule has 1 saturated heterocycles. The molecule has 0 spiro atoms. The Morgan fingerprint density at radius 1 is 1.28 bits per heavy atom. The van der Waals surface area contributed by atoms with Crippen molar-refractivity contribution in [2.24, 2.45) is 0 Å². The number of amides is 1. The third kappa shape index (κ3) is 2.97. The van der Waals surface area contributed by atoms with Crippen LogP contribution in [0.4, 0.5) is 0 Å². The Morgan fingerprint density at radius 3 is 2.96 bits per heavy atom. The molecule has 0 aromatic carbocycles. The topological polar surface area (TPSA) is 91.6 Å². The highest BCUT2D eigenvalue weighted by atomic mass is 16.5. The van der Waals surface area contributed by atoms with Crippen LogP contribution in [0.3, 0.4) is 0 Å². The molecule has 9 heteroatoms. The number of carbonyl (C=O) groups is 1. The van der Waals surface area contributed by atoms with E-state index in [1.165, 1.54) is 7.11 Å². The molecule has 0 unspecified atom stereocenters. The van der Waals surface area contributed by atoms with Crippen LogP contribution in [0.15, 0.2) is 18.6 Å². The molecule has 132 valence electrons. The maximum atomic E-state index is 12.8. The molecule has 0 bridgehead atoms. The minimum Gasteiger partial charge on any atom is -0.477 e. The highest BCUT2D eigenvalue weighted by Gasteiger charge is 2.32. The summed E-state index contributed by atoms with van der Waals surface area (Å²) in [6.07, 6.45) is 6.15. The second-order valence-electron chi connectivity index (χ2n) is 5.94. The van der Waals surface area contributed by atoms with Crippen molar-refractivity contribution in [1.82, 2.24) is 24.6 Å². The lowest BCUT2D eigenvalue weighted by Gasteiger charge is -2.19. The summed E-state index contributed by atoms with van der Waals surface area (Å²) in [5, 5.41) is 4.24. The summed E-state index contributed by atoms with van der Waals surface area (Å²) in [5.74, 6) is 1.17. The van der Waals surface area contributed by atoms with Gasteiger partial charge in [-0.2, -0.15) is 5.10 Å². The lowest BCUT2D eigenvalue weighted by molar-refractivity contribution is 0.0763. The van der Waals surface area contributed by atoms with E-state index in [2.05, 4.69) is 15.1 Å². The summed E-state index contributed by atoms with van der Waals surface area (Å²) in [5.41, 5.74) is 0.512. The highest BCUT2D eigenvalue weighted by molar-refractivity contribution is 5.96. The molecule has 9 nitrogen and oxygen atoms in total. The van der Waals surface area contributed by atoms with Gasteiger partial charge in [0.25, 0.3) is 17.7 Å². The average molecular weight is 345 g/mol. The molecule has 0 aliphatic carbocycles. The number of carbonyl (C=O) groups excluding carboxylic acids is 1. The number of fused-ring (bicyclic) bond motifs is 1. The van der Waals surface area contributed by atoms with Crippen molar-refractivity contribution < 1.29 is 19.0 Å². The normalized spacial score (nSPS) is 19.2. The first-order valence-corrected chi connectivity index (χ1v) is 8.26. The zero-order chi connectivity index (χ0) is 17.2. The number of rotatable bonds is 4. The van der Waals surface area contributed by atoms with Crippen LogP contribution in [-0.2, 0) is 6.54 Å². The van der Waals surface area contributed by atoms with E-state index in [0.29, 0.717) is 42.9 Å². The summed E-state index contributed by atoms with van der Waals surface area (Å²) in [7, 11) is 1.52. The summed E-state index contributed by atoms with van der Waals surface area (Å²) in [6, 6.07) is 0. The number of likely N-dealkylation sites (tertiary alicyclic amines) is 1. The van der Waals surface area contributed by atoms with Crippen molar-refractivity contribution in [3.63, 3.8) is 0 Å². The van der Waals surface area contributed by atoms with Crippen LogP contribution in [-0.4, -0.2) is 63.5 Å². The quantitative estimate of drug-likeness (QED) is 0.808. The molecule has 2 aliphatic heterocycles. The molecule has 0 N–H and O–H groups in total. The van der Waals surface area contributed by atoms with Gasteiger partial charge in [0, 0.05) is 38.3 Å². The lowest BCUT2D eigenvalue weighted by Crippen LogP contribution is -2.31. The molecule has 4 heterocycles. The minimum atomic E-state index is -0.151. The maximum absolute atomic E-state index is 12.8. The van der Waals surface area contributed by atoms with E-state index >= 15 is 0 Å². The van der Waals surface area contributed by atoms with Crippen molar-refractivity contribution in [1.29, 1.82) is 0 Å². The van der Waals surface area contributed by atoms with Gasteiger partial charge in [0.1, 0.15) is 11.7 Å². The molecule has 1 atom stereocenters. The number of nitrogens with zero attached hydrogens (tertiary/aromatic N) is 5. The van der Waals surface area contributed by atoms with Crippen LogP contribution in [0.5, 0.6) is 17.6 Å². The smallest absolute Gasteiger partial charge is 0.278 e. The van der Waals surface area contributed by atoms with Gasteiger partial charge in [0.2, 0.25) is 5.88 Å². The van der Waals surface area contributed by atoms with Crippen molar-refractivity contribution in [3.8, 4) is 17.6 Å². The Hall–Kier alpha value is -2.84. The Bertz CT molecular complexity index is 778.